The lowest BCUT2D eigenvalue weighted by Crippen LogP contribution is -2.52. The summed E-state index contributed by atoms with van der Waals surface area (Å²) >= 11 is 0. The molecule has 0 aromatic carbocycles. The topological polar surface area (TPSA) is 40.5 Å². The van der Waals surface area contributed by atoms with Gasteiger partial charge in [0.1, 0.15) is 0 Å². The van der Waals surface area contributed by atoms with E-state index < -0.39 is 5.60 Å². The van der Waals surface area contributed by atoms with E-state index in [-0.39, 0.29) is 0 Å². The molecule has 0 radical (unpaired) electrons. The predicted molar refractivity (Wildman–Crippen MR) is 113 cm³/mol. The van der Waals surface area contributed by atoms with Crippen LogP contribution in [0.4, 0.5) is 0 Å². The van der Waals surface area contributed by atoms with Crippen LogP contribution in [0.2, 0.25) is 0 Å². The maximum Gasteiger partial charge on any atom is 0.0657 e. The van der Waals surface area contributed by atoms with E-state index in [2.05, 4.69) is 26.8 Å². The average Bonchev–Trinajstić information content (AvgIpc) is 3.00. The summed E-state index contributed by atoms with van der Waals surface area (Å²) < 4.78 is 0. The summed E-state index contributed by atoms with van der Waals surface area (Å²) in [5, 5.41) is 20.3. The number of hydrogen-bond acceptors (Lipinski definition) is 2. The van der Waals surface area contributed by atoms with Crippen molar-refractivity contribution in [2.45, 2.75) is 98.5 Å². The molecule has 2 nitrogen and oxygen atoms in total. The van der Waals surface area contributed by atoms with E-state index in [4.69, 9.17) is 0 Å². The number of aliphatic hydroxyl groups is 2. The fourth-order valence-electron chi connectivity index (χ4n) is 7.91. The Morgan fingerprint density at radius 1 is 1.04 bits per heavy atom. The molecule has 4 aliphatic rings. The second-order valence-electron chi connectivity index (χ2n) is 10.8. The van der Waals surface area contributed by atoms with Gasteiger partial charge in [0.05, 0.1) is 5.60 Å². The molecule has 2 heteroatoms. The fourth-order valence-corrected chi connectivity index (χ4v) is 7.91. The molecule has 0 saturated heterocycles. The SMILES string of the molecule is CC.C[C@H](CO)C1CCC2C3CC=C4C[C@@](C)(O)CCC4(C)C3CCC21C. The Morgan fingerprint density at radius 3 is 2.41 bits per heavy atom. The van der Waals surface area contributed by atoms with Gasteiger partial charge in [0.15, 0.2) is 0 Å². The molecule has 3 saturated carbocycles. The Morgan fingerprint density at radius 2 is 1.74 bits per heavy atom. The average molecular weight is 377 g/mol. The van der Waals surface area contributed by atoms with Crippen molar-refractivity contribution >= 4 is 0 Å². The Labute approximate surface area is 167 Å². The Hall–Kier alpha value is -0.340. The van der Waals surface area contributed by atoms with Gasteiger partial charge in [-0.1, -0.05) is 46.3 Å². The van der Waals surface area contributed by atoms with E-state index in [1.54, 1.807) is 5.57 Å². The van der Waals surface area contributed by atoms with Gasteiger partial charge >= 0.3 is 0 Å². The van der Waals surface area contributed by atoms with E-state index in [9.17, 15) is 10.2 Å². The molecule has 2 N–H and O–H groups in total. The van der Waals surface area contributed by atoms with Gasteiger partial charge in [-0.3, -0.25) is 0 Å². The number of fused-ring (bicyclic) bond motifs is 5. The summed E-state index contributed by atoms with van der Waals surface area (Å²) in [5.74, 6) is 3.62. The normalized spacial score (nSPS) is 49.7. The summed E-state index contributed by atoms with van der Waals surface area (Å²) in [4.78, 5) is 0. The summed E-state index contributed by atoms with van der Waals surface area (Å²) in [6, 6.07) is 0. The number of aliphatic hydroxyl groups excluding tert-OH is 1. The minimum Gasteiger partial charge on any atom is -0.396 e. The first kappa shape index (κ1) is 21.4. The van der Waals surface area contributed by atoms with Crippen molar-refractivity contribution in [1.82, 2.24) is 0 Å². The van der Waals surface area contributed by atoms with Gasteiger partial charge in [-0.15, -0.1) is 0 Å². The Kier molecular flexibility index (Phi) is 5.92. The number of hydrogen-bond donors (Lipinski definition) is 2. The monoisotopic (exact) mass is 376 g/mol. The predicted octanol–water partition coefficient (Wildman–Crippen LogP) is 5.97. The van der Waals surface area contributed by atoms with Crippen LogP contribution in [0, 0.1) is 40.4 Å². The van der Waals surface area contributed by atoms with Crippen molar-refractivity contribution in [3.8, 4) is 0 Å². The summed E-state index contributed by atoms with van der Waals surface area (Å²) in [6.45, 7) is 13.7. The number of rotatable bonds is 2. The molecule has 3 fully saturated rings. The van der Waals surface area contributed by atoms with Crippen LogP contribution in [0.15, 0.2) is 11.6 Å². The third-order valence-corrected chi connectivity index (χ3v) is 9.43. The molecule has 4 rings (SSSR count). The van der Waals surface area contributed by atoms with Gasteiger partial charge in [0, 0.05) is 6.61 Å². The van der Waals surface area contributed by atoms with Gasteiger partial charge in [-0.2, -0.15) is 0 Å². The minimum absolute atomic E-state index is 0.327. The van der Waals surface area contributed by atoms with Gasteiger partial charge in [0.2, 0.25) is 0 Å². The van der Waals surface area contributed by atoms with E-state index in [0.717, 1.165) is 37.0 Å². The lowest BCUT2D eigenvalue weighted by atomic mass is 9.46. The van der Waals surface area contributed by atoms with Crippen LogP contribution in [0.5, 0.6) is 0 Å². The third-order valence-electron chi connectivity index (χ3n) is 9.43. The van der Waals surface area contributed by atoms with Gasteiger partial charge in [-0.25, -0.2) is 0 Å². The van der Waals surface area contributed by atoms with Crippen LogP contribution in [-0.4, -0.2) is 22.4 Å². The van der Waals surface area contributed by atoms with Crippen molar-refractivity contribution in [3.63, 3.8) is 0 Å². The molecule has 0 amide bonds. The quantitative estimate of drug-likeness (QED) is 0.583. The molecular formula is C25H44O2. The second kappa shape index (κ2) is 7.48. The molecule has 4 aliphatic carbocycles. The fraction of sp³-hybridized carbons (Fsp3) is 0.920. The summed E-state index contributed by atoms with van der Waals surface area (Å²) in [5.41, 5.74) is 1.83. The van der Waals surface area contributed by atoms with Crippen molar-refractivity contribution in [1.29, 1.82) is 0 Å². The van der Waals surface area contributed by atoms with Crippen molar-refractivity contribution in [2.24, 2.45) is 40.4 Å². The van der Waals surface area contributed by atoms with Crippen LogP contribution in [0.1, 0.15) is 92.9 Å². The minimum atomic E-state index is -0.490. The highest BCUT2D eigenvalue weighted by Crippen LogP contribution is 2.67. The lowest BCUT2D eigenvalue weighted by Gasteiger charge is -2.59. The maximum absolute atomic E-state index is 10.6. The first-order chi connectivity index (χ1) is 12.7. The zero-order chi connectivity index (χ0) is 20.0. The highest BCUT2D eigenvalue weighted by Gasteiger charge is 2.59. The molecule has 0 spiro atoms. The lowest BCUT2D eigenvalue weighted by molar-refractivity contribution is -0.0723. The van der Waals surface area contributed by atoms with Crippen LogP contribution < -0.4 is 0 Å². The molecule has 0 aliphatic heterocycles. The molecule has 6 unspecified atom stereocenters. The maximum atomic E-state index is 10.6. The molecule has 0 heterocycles. The molecule has 27 heavy (non-hydrogen) atoms. The van der Waals surface area contributed by atoms with Crippen molar-refractivity contribution in [2.75, 3.05) is 6.61 Å². The zero-order valence-electron chi connectivity index (χ0n) is 18.7. The summed E-state index contributed by atoms with van der Waals surface area (Å²) in [7, 11) is 0. The number of allylic oxidation sites excluding steroid dienone is 1. The van der Waals surface area contributed by atoms with Gasteiger partial charge in [0.25, 0.3) is 0 Å². The molecule has 0 aromatic rings. The van der Waals surface area contributed by atoms with Crippen molar-refractivity contribution < 1.29 is 10.2 Å². The second-order valence-corrected chi connectivity index (χ2v) is 10.8. The standard InChI is InChI=1S/C23H38O2.C2H6/c1-15(14-24)18-7-8-19-17-6-5-16-13-21(2,25)11-12-22(16,3)20(17)9-10-23(18,19)4;1-2/h5,15,17-20,24-25H,6-14H2,1-4H3;1-2H3/t15-,17?,18?,19?,20?,21+,22?,23?;/m1./s1. The summed E-state index contributed by atoms with van der Waals surface area (Å²) in [6.07, 6.45) is 12.1. The highest BCUT2D eigenvalue weighted by molar-refractivity contribution is 5.26. The van der Waals surface area contributed by atoms with E-state index >= 15 is 0 Å². The Bertz CT molecular complexity index is 565. The third kappa shape index (κ3) is 3.33. The molecule has 156 valence electrons. The van der Waals surface area contributed by atoms with E-state index in [1.807, 2.05) is 20.8 Å². The van der Waals surface area contributed by atoms with Crippen LogP contribution in [0.3, 0.4) is 0 Å². The van der Waals surface area contributed by atoms with Gasteiger partial charge in [-0.05, 0) is 98.7 Å². The van der Waals surface area contributed by atoms with Crippen molar-refractivity contribution in [3.05, 3.63) is 11.6 Å². The van der Waals surface area contributed by atoms with Gasteiger partial charge < -0.3 is 10.2 Å². The largest absolute Gasteiger partial charge is 0.396 e. The molecular weight excluding hydrogens is 332 g/mol. The van der Waals surface area contributed by atoms with E-state index in [1.165, 1.54) is 32.1 Å². The first-order valence-corrected chi connectivity index (χ1v) is 11.7. The first-order valence-electron chi connectivity index (χ1n) is 11.7. The van der Waals surface area contributed by atoms with Crippen LogP contribution in [0.25, 0.3) is 0 Å². The molecule has 8 atom stereocenters. The Balaban J connectivity index is 0.00000102. The zero-order valence-corrected chi connectivity index (χ0v) is 18.7. The van der Waals surface area contributed by atoms with Crippen LogP contribution in [-0.2, 0) is 0 Å². The van der Waals surface area contributed by atoms with E-state index in [0.29, 0.717) is 29.3 Å². The highest BCUT2D eigenvalue weighted by atomic mass is 16.3. The smallest absolute Gasteiger partial charge is 0.0657 e. The molecule has 0 bridgehead atoms. The molecule has 0 aromatic heterocycles. The van der Waals surface area contributed by atoms with Crippen LogP contribution >= 0.6 is 0 Å².